The third-order valence-corrected chi connectivity index (χ3v) is 6.73. The Balaban J connectivity index is 1.68. The number of anilines is 1. The van der Waals surface area contributed by atoms with Crippen LogP contribution < -0.4 is 10.1 Å². The number of nitrogens with one attached hydrogen (secondary N) is 1. The van der Waals surface area contributed by atoms with Crippen LogP contribution in [0.3, 0.4) is 0 Å². The van der Waals surface area contributed by atoms with Crippen molar-refractivity contribution in [3.63, 3.8) is 0 Å². The Morgan fingerprint density at radius 3 is 2.41 bits per heavy atom. The third-order valence-electron chi connectivity index (χ3n) is 4.81. The van der Waals surface area contributed by atoms with Crippen molar-refractivity contribution in [2.75, 3.05) is 18.4 Å². The van der Waals surface area contributed by atoms with Crippen LogP contribution in [0.2, 0.25) is 0 Å². The van der Waals surface area contributed by atoms with E-state index in [4.69, 9.17) is 0 Å². The van der Waals surface area contributed by atoms with Crippen LogP contribution in [-0.2, 0) is 10.0 Å². The molecule has 29 heavy (non-hydrogen) atoms. The molecule has 0 unspecified atom stereocenters. The standard InChI is InChI=1S/C20H22F2N2O4S/c1-14-9-11-24(12-10-14)29(26,27)18-7-5-16(6-8-18)23-19(25)15-3-2-4-17(13-15)28-20(21)22/h2-8,13-14,20H,9-12H2,1H3,(H,23,25). The topological polar surface area (TPSA) is 75.7 Å². The van der Waals surface area contributed by atoms with Crippen molar-refractivity contribution in [3.05, 3.63) is 54.1 Å². The average Bonchev–Trinajstić information content (AvgIpc) is 2.68. The van der Waals surface area contributed by atoms with E-state index in [-0.39, 0.29) is 16.2 Å². The van der Waals surface area contributed by atoms with Crippen LogP contribution in [0.15, 0.2) is 53.4 Å². The zero-order valence-corrected chi connectivity index (χ0v) is 16.7. The van der Waals surface area contributed by atoms with E-state index >= 15 is 0 Å². The number of piperidine rings is 1. The summed E-state index contributed by atoms with van der Waals surface area (Å²) in [6.45, 7) is 0.125. The lowest BCUT2D eigenvalue weighted by atomic mass is 10.0. The van der Waals surface area contributed by atoms with E-state index in [1.54, 1.807) is 0 Å². The van der Waals surface area contributed by atoms with Gasteiger partial charge < -0.3 is 10.1 Å². The van der Waals surface area contributed by atoms with E-state index in [1.165, 1.54) is 52.8 Å². The first-order valence-electron chi connectivity index (χ1n) is 9.22. The molecule has 0 radical (unpaired) electrons. The molecule has 0 atom stereocenters. The molecule has 2 aromatic carbocycles. The molecule has 0 saturated carbocycles. The Bertz CT molecular complexity index is 957. The number of hydrogen-bond donors (Lipinski definition) is 1. The van der Waals surface area contributed by atoms with Gasteiger partial charge in [-0.2, -0.15) is 13.1 Å². The predicted molar refractivity (Wildman–Crippen MR) is 105 cm³/mol. The smallest absolute Gasteiger partial charge is 0.387 e. The summed E-state index contributed by atoms with van der Waals surface area (Å²) >= 11 is 0. The van der Waals surface area contributed by atoms with E-state index in [1.807, 2.05) is 0 Å². The number of sulfonamides is 1. The van der Waals surface area contributed by atoms with E-state index in [0.29, 0.717) is 24.7 Å². The molecule has 0 aliphatic carbocycles. The largest absolute Gasteiger partial charge is 0.435 e. The van der Waals surface area contributed by atoms with Crippen molar-refractivity contribution >= 4 is 21.6 Å². The van der Waals surface area contributed by atoms with Crippen LogP contribution in [0.5, 0.6) is 5.75 Å². The summed E-state index contributed by atoms with van der Waals surface area (Å²) < 4.78 is 55.9. The normalized spacial score (nSPS) is 16.0. The fourth-order valence-electron chi connectivity index (χ4n) is 3.10. The Hall–Kier alpha value is -2.52. The number of rotatable bonds is 6. The van der Waals surface area contributed by atoms with Gasteiger partial charge in [0.05, 0.1) is 4.90 Å². The molecule has 2 aromatic rings. The summed E-state index contributed by atoms with van der Waals surface area (Å²) in [7, 11) is -3.57. The minimum atomic E-state index is -3.57. The van der Waals surface area contributed by atoms with Gasteiger partial charge in [0.1, 0.15) is 5.75 Å². The number of hydrogen-bond acceptors (Lipinski definition) is 4. The van der Waals surface area contributed by atoms with Crippen molar-refractivity contribution in [3.8, 4) is 5.75 Å². The van der Waals surface area contributed by atoms with E-state index in [9.17, 15) is 22.0 Å². The van der Waals surface area contributed by atoms with Gasteiger partial charge in [-0.05, 0) is 61.2 Å². The highest BCUT2D eigenvalue weighted by Crippen LogP contribution is 2.24. The van der Waals surface area contributed by atoms with Crippen LogP contribution in [0, 0.1) is 5.92 Å². The van der Waals surface area contributed by atoms with Gasteiger partial charge in [0.25, 0.3) is 5.91 Å². The highest BCUT2D eigenvalue weighted by atomic mass is 32.2. The number of benzene rings is 2. The molecule has 0 bridgehead atoms. The second-order valence-corrected chi connectivity index (χ2v) is 8.91. The minimum absolute atomic E-state index is 0.120. The van der Waals surface area contributed by atoms with Gasteiger partial charge in [-0.25, -0.2) is 8.42 Å². The maximum atomic E-state index is 12.7. The van der Waals surface area contributed by atoms with Gasteiger partial charge in [0.15, 0.2) is 0 Å². The summed E-state index contributed by atoms with van der Waals surface area (Å²) in [5.41, 5.74) is 0.531. The number of halogens is 2. The zero-order chi connectivity index (χ0) is 21.0. The first-order valence-corrected chi connectivity index (χ1v) is 10.7. The Morgan fingerprint density at radius 1 is 1.14 bits per heavy atom. The summed E-state index contributed by atoms with van der Waals surface area (Å²) in [5, 5.41) is 2.61. The molecule has 1 aliphatic rings. The van der Waals surface area contributed by atoms with E-state index in [2.05, 4.69) is 17.0 Å². The van der Waals surface area contributed by atoms with Crippen molar-refractivity contribution in [2.24, 2.45) is 5.92 Å². The number of ether oxygens (including phenoxy) is 1. The van der Waals surface area contributed by atoms with Gasteiger partial charge in [-0.1, -0.05) is 13.0 Å². The van der Waals surface area contributed by atoms with Crippen LogP contribution in [-0.4, -0.2) is 38.3 Å². The fraction of sp³-hybridized carbons (Fsp3) is 0.350. The molecule has 156 valence electrons. The summed E-state index contributed by atoms with van der Waals surface area (Å²) in [6, 6.07) is 11.3. The quantitative estimate of drug-likeness (QED) is 0.762. The number of carbonyl (C=O) groups excluding carboxylic acids is 1. The zero-order valence-electron chi connectivity index (χ0n) is 15.8. The molecule has 1 amide bonds. The third kappa shape index (κ3) is 5.30. The van der Waals surface area contributed by atoms with E-state index in [0.717, 1.165) is 12.8 Å². The van der Waals surface area contributed by atoms with Crippen molar-refractivity contribution in [1.29, 1.82) is 0 Å². The molecule has 9 heteroatoms. The molecule has 1 fully saturated rings. The predicted octanol–water partition coefficient (Wildman–Crippen LogP) is 3.96. The number of amides is 1. The lowest BCUT2D eigenvalue weighted by Gasteiger charge is -2.29. The monoisotopic (exact) mass is 424 g/mol. The Kier molecular flexibility index (Phi) is 6.49. The van der Waals surface area contributed by atoms with Crippen LogP contribution in [0.4, 0.5) is 14.5 Å². The minimum Gasteiger partial charge on any atom is -0.435 e. The van der Waals surface area contributed by atoms with Gasteiger partial charge in [0.2, 0.25) is 10.0 Å². The maximum Gasteiger partial charge on any atom is 0.387 e. The number of nitrogens with zero attached hydrogens (tertiary/aromatic N) is 1. The SMILES string of the molecule is CC1CCN(S(=O)(=O)c2ccc(NC(=O)c3cccc(OC(F)F)c3)cc2)CC1. The first kappa shape index (κ1) is 21.2. The molecular formula is C20H22F2N2O4S. The lowest BCUT2D eigenvalue weighted by molar-refractivity contribution is -0.0498. The first-order chi connectivity index (χ1) is 13.8. The highest BCUT2D eigenvalue weighted by Gasteiger charge is 2.27. The van der Waals surface area contributed by atoms with Gasteiger partial charge in [-0.3, -0.25) is 4.79 Å². The molecule has 0 spiro atoms. The van der Waals surface area contributed by atoms with Gasteiger partial charge in [0, 0.05) is 24.3 Å². The maximum absolute atomic E-state index is 12.7. The summed E-state index contributed by atoms with van der Waals surface area (Å²) in [4.78, 5) is 12.5. The Labute approximate surface area is 168 Å². The highest BCUT2D eigenvalue weighted by molar-refractivity contribution is 7.89. The van der Waals surface area contributed by atoms with Gasteiger partial charge >= 0.3 is 6.61 Å². The van der Waals surface area contributed by atoms with Crippen molar-refractivity contribution < 1.29 is 26.7 Å². The van der Waals surface area contributed by atoms with Crippen LogP contribution >= 0.6 is 0 Å². The summed E-state index contributed by atoms with van der Waals surface area (Å²) in [6.07, 6.45) is 1.67. The second kappa shape index (κ2) is 8.87. The second-order valence-electron chi connectivity index (χ2n) is 6.97. The molecule has 1 heterocycles. The molecule has 0 aromatic heterocycles. The van der Waals surface area contributed by atoms with Crippen molar-refractivity contribution in [2.45, 2.75) is 31.3 Å². The van der Waals surface area contributed by atoms with Gasteiger partial charge in [-0.15, -0.1) is 0 Å². The molecule has 1 N–H and O–H groups in total. The van der Waals surface area contributed by atoms with Crippen molar-refractivity contribution in [1.82, 2.24) is 4.31 Å². The number of alkyl halides is 2. The molecule has 6 nitrogen and oxygen atoms in total. The van der Waals surface area contributed by atoms with Crippen LogP contribution in [0.1, 0.15) is 30.1 Å². The fourth-order valence-corrected chi connectivity index (χ4v) is 4.57. The number of carbonyl (C=O) groups is 1. The molecule has 3 rings (SSSR count). The Morgan fingerprint density at radius 2 is 1.79 bits per heavy atom. The molecular weight excluding hydrogens is 402 g/mol. The van der Waals surface area contributed by atoms with Crippen LogP contribution in [0.25, 0.3) is 0 Å². The van der Waals surface area contributed by atoms with E-state index < -0.39 is 22.5 Å². The molecule has 1 aliphatic heterocycles. The molecule has 1 saturated heterocycles. The average molecular weight is 424 g/mol. The summed E-state index contributed by atoms with van der Waals surface area (Å²) in [5.74, 6) is -0.126. The lowest BCUT2D eigenvalue weighted by Crippen LogP contribution is -2.37.